The molecule has 3 rings (SSSR count). The third kappa shape index (κ3) is 1.50. The van der Waals surface area contributed by atoms with Crippen LogP contribution < -0.4 is 15.5 Å². The smallest absolute Gasteiger partial charge is 0.255 e. The van der Waals surface area contributed by atoms with Gasteiger partial charge >= 0.3 is 0 Å². The third-order valence-corrected chi connectivity index (χ3v) is 3.38. The van der Waals surface area contributed by atoms with Crippen molar-refractivity contribution < 1.29 is 9.18 Å². The lowest BCUT2D eigenvalue weighted by Crippen LogP contribution is -2.62. The number of hydrogen-bond donors (Lipinski definition) is 2. The summed E-state index contributed by atoms with van der Waals surface area (Å²) in [5, 5.41) is 6.07. The summed E-state index contributed by atoms with van der Waals surface area (Å²) >= 11 is 0. The Bertz CT molecular complexity index is 489. The van der Waals surface area contributed by atoms with Gasteiger partial charge in [0.15, 0.2) is 0 Å². The lowest BCUT2D eigenvalue weighted by Gasteiger charge is -2.42. The molecule has 4 nitrogen and oxygen atoms in total. The average molecular weight is 235 g/mol. The molecule has 0 aliphatic carbocycles. The van der Waals surface area contributed by atoms with E-state index in [2.05, 4.69) is 10.6 Å². The second-order valence-corrected chi connectivity index (χ2v) is 4.48. The highest BCUT2D eigenvalue weighted by Crippen LogP contribution is 2.31. The average Bonchev–Trinajstić information content (AvgIpc) is 2.33. The quantitative estimate of drug-likeness (QED) is 0.692. The molecule has 0 spiro atoms. The van der Waals surface area contributed by atoms with Gasteiger partial charge in [0.25, 0.3) is 5.91 Å². The van der Waals surface area contributed by atoms with Crippen LogP contribution in [0.25, 0.3) is 0 Å². The number of nitrogens with zero attached hydrogens (tertiary/aromatic N) is 1. The molecule has 0 radical (unpaired) electrons. The fourth-order valence-electron chi connectivity index (χ4n) is 2.46. The fraction of sp³-hybridized carbons (Fsp3) is 0.417. The second kappa shape index (κ2) is 3.70. The van der Waals surface area contributed by atoms with Crippen LogP contribution in [0.1, 0.15) is 15.9 Å². The summed E-state index contributed by atoms with van der Waals surface area (Å²) in [6.07, 6.45) is -0.139. The SMILES string of the molecule is Cc1ccc2c(c1F)N1CCNC[C@@H]1NC2=O. The van der Waals surface area contributed by atoms with Crippen LogP contribution in [0.15, 0.2) is 12.1 Å². The first-order valence-corrected chi connectivity index (χ1v) is 5.76. The molecule has 1 amide bonds. The number of rotatable bonds is 0. The number of hydrogen-bond acceptors (Lipinski definition) is 3. The van der Waals surface area contributed by atoms with Gasteiger partial charge in [-0.3, -0.25) is 4.79 Å². The number of amides is 1. The van der Waals surface area contributed by atoms with Crippen LogP contribution in [0.2, 0.25) is 0 Å². The first kappa shape index (κ1) is 10.5. The molecule has 0 aromatic heterocycles. The van der Waals surface area contributed by atoms with Gasteiger partial charge in [-0.15, -0.1) is 0 Å². The Morgan fingerprint density at radius 1 is 1.47 bits per heavy atom. The molecule has 2 aliphatic rings. The van der Waals surface area contributed by atoms with Gasteiger partial charge in [-0.25, -0.2) is 4.39 Å². The van der Waals surface area contributed by atoms with E-state index in [1.54, 1.807) is 19.1 Å². The predicted octanol–water partition coefficient (Wildman–Crippen LogP) is 0.613. The van der Waals surface area contributed by atoms with E-state index in [1.165, 1.54) is 0 Å². The number of benzene rings is 1. The highest BCUT2D eigenvalue weighted by Gasteiger charge is 2.34. The van der Waals surface area contributed by atoms with Crippen molar-refractivity contribution in [1.82, 2.24) is 10.6 Å². The molecule has 90 valence electrons. The van der Waals surface area contributed by atoms with Gasteiger partial charge < -0.3 is 15.5 Å². The van der Waals surface area contributed by atoms with Crippen molar-refractivity contribution in [3.05, 3.63) is 29.1 Å². The van der Waals surface area contributed by atoms with Crippen LogP contribution >= 0.6 is 0 Å². The summed E-state index contributed by atoms with van der Waals surface area (Å²) < 4.78 is 14.2. The molecule has 17 heavy (non-hydrogen) atoms. The zero-order chi connectivity index (χ0) is 12.0. The number of anilines is 1. The summed E-state index contributed by atoms with van der Waals surface area (Å²) in [4.78, 5) is 13.8. The molecule has 1 fully saturated rings. The molecule has 1 saturated heterocycles. The highest BCUT2D eigenvalue weighted by molar-refractivity contribution is 6.02. The summed E-state index contributed by atoms with van der Waals surface area (Å²) in [6, 6.07) is 3.34. The maximum atomic E-state index is 14.2. The zero-order valence-corrected chi connectivity index (χ0v) is 9.59. The van der Waals surface area contributed by atoms with Gasteiger partial charge in [0.2, 0.25) is 0 Å². The van der Waals surface area contributed by atoms with Crippen LogP contribution in [0.4, 0.5) is 10.1 Å². The number of carbonyl (C=O) groups excluding carboxylic acids is 1. The Hall–Kier alpha value is -1.62. The summed E-state index contributed by atoms with van der Waals surface area (Å²) in [5.41, 5.74) is 1.47. The number of fused-ring (bicyclic) bond motifs is 3. The molecular formula is C12H14FN3O. The third-order valence-electron chi connectivity index (χ3n) is 3.38. The van der Waals surface area contributed by atoms with Crippen molar-refractivity contribution in [2.45, 2.75) is 13.1 Å². The predicted molar refractivity (Wildman–Crippen MR) is 62.6 cm³/mol. The molecule has 0 saturated carbocycles. The van der Waals surface area contributed by atoms with Gasteiger partial charge in [-0.2, -0.15) is 0 Å². The molecule has 2 heterocycles. The second-order valence-electron chi connectivity index (χ2n) is 4.48. The Morgan fingerprint density at radius 2 is 2.29 bits per heavy atom. The molecule has 2 aliphatic heterocycles. The monoisotopic (exact) mass is 235 g/mol. The topological polar surface area (TPSA) is 44.4 Å². The lowest BCUT2D eigenvalue weighted by molar-refractivity contribution is 0.0921. The van der Waals surface area contributed by atoms with E-state index < -0.39 is 0 Å². The maximum Gasteiger partial charge on any atom is 0.255 e. The van der Waals surface area contributed by atoms with Gasteiger partial charge in [-0.1, -0.05) is 6.07 Å². The molecule has 5 heteroatoms. The van der Waals surface area contributed by atoms with Crippen molar-refractivity contribution in [1.29, 1.82) is 0 Å². The lowest BCUT2D eigenvalue weighted by atomic mass is 10.0. The summed E-state index contributed by atoms with van der Waals surface area (Å²) in [7, 11) is 0. The van der Waals surface area contributed by atoms with Crippen LogP contribution in [-0.4, -0.2) is 31.7 Å². The number of carbonyl (C=O) groups is 1. The number of aryl methyl sites for hydroxylation is 1. The Labute approximate surface area is 98.8 Å². The standard InChI is InChI=1S/C12H14FN3O/c1-7-2-3-8-11(10(7)13)16-5-4-14-6-9(16)15-12(8)17/h2-3,9,14H,4-6H2,1H3,(H,15,17)/t9-/m1/s1. The number of nitrogens with one attached hydrogen (secondary N) is 2. The van der Waals surface area contributed by atoms with Crippen molar-refractivity contribution in [3.8, 4) is 0 Å². The highest BCUT2D eigenvalue weighted by atomic mass is 19.1. The van der Waals surface area contributed by atoms with E-state index in [-0.39, 0.29) is 17.9 Å². The molecule has 2 N–H and O–H groups in total. The van der Waals surface area contributed by atoms with E-state index in [0.29, 0.717) is 29.9 Å². The number of halogens is 1. The Kier molecular flexibility index (Phi) is 2.29. The van der Waals surface area contributed by atoms with Crippen LogP contribution in [-0.2, 0) is 0 Å². The van der Waals surface area contributed by atoms with E-state index >= 15 is 0 Å². The molecule has 1 atom stereocenters. The van der Waals surface area contributed by atoms with Crippen molar-refractivity contribution >= 4 is 11.6 Å². The van der Waals surface area contributed by atoms with Gasteiger partial charge in [0, 0.05) is 19.6 Å². The van der Waals surface area contributed by atoms with E-state index in [9.17, 15) is 9.18 Å². The molecule has 1 aromatic rings. The van der Waals surface area contributed by atoms with Crippen LogP contribution in [0.3, 0.4) is 0 Å². The fourth-order valence-corrected chi connectivity index (χ4v) is 2.46. The van der Waals surface area contributed by atoms with Crippen molar-refractivity contribution in [2.24, 2.45) is 0 Å². The van der Waals surface area contributed by atoms with E-state index in [1.807, 2.05) is 4.90 Å². The first-order chi connectivity index (χ1) is 8.18. The Balaban J connectivity index is 2.16. The molecule has 1 aromatic carbocycles. The minimum Gasteiger partial charge on any atom is -0.346 e. The van der Waals surface area contributed by atoms with Crippen molar-refractivity contribution in [3.63, 3.8) is 0 Å². The number of piperazine rings is 1. The summed E-state index contributed by atoms with van der Waals surface area (Å²) in [6.45, 7) is 3.88. The van der Waals surface area contributed by atoms with E-state index in [0.717, 1.165) is 6.54 Å². The molecular weight excluding hydrogens is 221 g/mol. The van der Waals surface area contributed by atoms with Crippen LogP contribution in [0.5, 0.6) is 0 Å². The Morgan fingerprint density at radius 3 is 3.12 bits per heavy atom. The van der Waals surface area contributed by atoms with Gasteiger partial charge in [0.05, 0.1) is 11.3 Å². The zero-order valence-electron chi connectivity index (χ0n) is 9.59. The van der Waals surface area contributed by atoms with Crippen LogP contribution in [0, 0.1) is 12.7 Å². The minimum absolute atomic E-state index is 0.139. The van der Waals surface area contributed by atoms with Gasteiger partial charge in [0.1, 0.15) is 12.0 Å². The van der Waals surface area contributed by atoms with Gasteiger partial charge in [-0.05, 0) is 18.6 Å². The van der Waals surface area contributed by atoms with E-state index in [4.69, 9.17) is 0 Å². The molecule has 0 unspecified atom stereocenters. The minimum atomic E-state index is -0.274. The maximum absolute atomic E-state index is 14.2. The van der Waals surface area contributed by atoms with Crippen molar-refractivity contribution in [2.75, 3.05) is 24.5 Å². The summed E-state index contributed by atoms with van der Waals surface area (Å²) in [5.74, 6) is -0.465. The first-order valence-electron chi connectivity index (χ1n) is 5.76. The normalized spacial score (nSPS) is 22.8. The largest absolute Gasteiger partial charge is 0.346 e. The molecule has 0 bridgehead atoms.